The fraction of sp³-hybridized carbons (Fsp3) is 0.467. The van der Waals surface area contributed by atoms with Crippen molar-refractivity contribution in [3.63, 3.8) is 0 Å². The molecule has 112 valence electrons. The zero-order valence-electron chi connectivity index (χ0n) is 12.2. The molecule has 1 saturated heterocycles. The van der Waals surface area contributed by atoms with Crippen molar-refractivity contribution in [2.75, 3.05) is 13.1 Å². The van der Waals surface area contributed by atoms with Gasteiger partial charge in [-0.2, -0.15) is 5.10 Å². The maximum absolute atomic E-state index is 12.5. The third-order valence-electron chi connectivity index (χ3n) is 3.98. The van der Waals surface area contributed by atoms with Crippen molar-refractivity contribution >= 4 is 17.2 Å². The van der Waals surface area contributed by atoms with Crippen LogP contribution < -0.4 is 0 Å². The molecule has 1 aliphatic heterocycles. The van der Waals surface area contributed by atoms with Gasteiger partial charge in [-0.3, -0.25) is 9.89 Å². The van der Waals surface area contributed by atoms with Crippen LogP contribution in [0.25, 0.3) is 0 Å². The first-order valence-corrected chi connectivity index (χ1v) is 7.95. The predicted molar refractivity (Wildman–Crippen MR) is 81.5 cm³/mol. The highest BCUT2D eigenvalue weighted by Crippen LogP contribution is 2.25. The van der Waals surface area contributed by atoms with E-state index in [0.29, 0.717) is 19.5 Å². The summed E-state index contributed by atoms with van der Waals surface area (Å²) in [5, 5.41) is 19.3. The van der Waals surface area contributed by atoms with E-state index in [1.165, 1.54) is 11.3 Å². The van der Waals surface area contributed by atoms with Gasteiger partial charge in [-0.15, -0.1) is 11.3 Å². The molecular weight excluding hydrogens is 286 g/mol. The highest BCUT2D eigenvalue weighted by molar-refractivity contribution is 7.12. The average molecular weight is 305 g/mol. The Morgan fingerprint density at radius 3 is 2.95 bits per heavy atom. The first-order valence-electron chi connectivity index (χ1n) is 7.07. The van der Waals surface area contributed by atoms with Crippen molar-refractivity contribution in [3.05, 3.63) is 39.3 Å². The smallest absolute Gasteiger partial charge is 0.264 e. The second-order valence-electron chi connectivity index (χ2n) is 5.72. The van der Waals surface area contributed by atoms with Crippen molar-refractivity contribution in [2.45, 2.75) is 26.4 Å². The van der Waals surface area contributed by atoms with Gasteiger partial charge in [-0.25, -0.2) is 0 Å². The molecular formula is C15H19N3O2S. The summed E-state index contributed by atoms with van der Waals surface area (Å²) < 4.78 is 0. The number of aromatic nitrogens is 2. The minimum Gasteiger partial charge on any atom is -0.391 e. The highest BCUT2D eigenvalue weighted by Gasteiger charge is 2.35. The van der Waals surface area contributed by atoms with Gasteiger partial charge in [0.2, 0.25) is 0 Å². The molecule has 1 aliphatic rings. The molecule has 0 spiro atoms. The van der Waals surface area contributed by atoms with E-state index in [2.05, 4.69) is 10.2 Å². The predicted octanol–water partition coefficient (Wildman–Crippen LogP) is 1.76. The number of aryl methyl sites for hydroxylation is 2. The first-order chi connectivity index (χ1) is 10.0. The van der Waals surface area contributed by atoms with Gasteiger partial charge in [0, 0.05) is 24.7 Å². The quantitative estimate of drug-likeness (QED) is 0.908. The van der Waals surface area contributed by atoms with Crippen molar-refractivity contribution in [3.8, 4) is 0 Å². The van der Waals surface area contributed by atoms with E-state index in [0.717, 1.165) is 21.8 Å². The molecule has 2 atom stereocenters. The molecule has 1 fully saturated rings. The maximum atomic E-state index is 12.5. The van der Waals surface area contributed by atoms with Crippen LogP contribution in [0.15, 0.2) is 17.5 Å². The number of H-pyrrole nitrogens is 1. The molecule has 2 aromatic heterocycles. The molecule has 1 amide bonds. The normalized spacial score (nSPS) is 22.0. The summed E-state index contributed by atoms with van der Waals surface area (Å²) in [6.07, 6.45) is 0.213. The van der Waals surface area contributed by atoms with Crippen molar-refractivity contribution in [2.24, 2.45) is 5.92 Å². The number of aliphatic hydroxyl groups excluding tert-OH is 1. The molecule has 0 unspecified atom stereocenters. The van der Waals surface area contributed by atoms with Crippen LogP contribution in [0.2, 0.25) is 0 Å². The average Bonchev–Trinajstić information content (AvgIpc) is 3.12. The fourth-order valence-electron chi connectivity index (χ4n) is 2.80. The Bertz CT molecular complexity index is 649. The Balaban J connectivity index is 1.68. The number of carbonyl (C=O) groups is 1. The van der Waals surface area contributed by atoms with Crippen LogP contribution >= 0.6 is 11.3 Å². The van der Waals surface area contributed by atoms with E-state index >= 15 is 0 Å². The topological polar surface area (TPSA) is 69.2 Å². The Labute approximate surface area is 127 Å². The largest absolute Gasteiger partial charge is 0.391 e. The summed E-state index contributed by atoms with van der Waals surface area (Å²) in [7, 11) is 0. The minimum atomic E-state index is -0.480. The summed E-state index contributed by atoms with van der Waals surface area (Å²) >= 11 is 1.46. The van der Waals surface area contributed by atoms with Gasteiger partial charge in [0.15, 0.2) is 0 Å². The lowest BCUT2D eigenvalue weighted by Crippen LogP contribution is -2.29. The van der Waals surface area contributed by atoms with Gasteiger partial charge < -0.3 is 10.0 Å². The van der Waals surface area contributed by atoms with Crippen LogP contribution in [0.4, 0.5) is 0 Å². The Morgan fingerprint density at radius 1 is 1.52 bits per heavy atom. The van der Waals surface area contributed by atoms with Crippen LogP contribution in [0.3, 0.4) is 0 Å². The van der Waals surface area contributed by atoms with Crippen LogP contribution in [0, 0.1) is 19.8 Å². The van der Waals surface area contributed by atoms with E-state index in [4.69, 9.17) is 0 Å². The molecule has 3 rings (SSSR count). The number of likely N-dealkylation sites (tertiary alicyclic amines) is 1. The number of carbonyl (C=O) groups excluding carboxylic acids is 1. The number of nitrogens with zero attached hydrogens (tertiary/aromatic N) is 2. The van der Waals surface area contributed by atoms with Gasteiger partial charge in [-0.05, 0) is 43.3 Å². The van der Waals surface area contributed by atoms with E-state index in [-0.39, 0.29) is 11.8 Å². The second kappa shape index (κ2) is 5.61. The number of hydrogen-bond donors (Lipinski definition) is 2. The van der Waals surface area contributed by atoms with Crippen molar-refractivity contribution in [1.82, 2.24) is 15.1 Å². The number of nitrogens with one attached hydrogen (secondary N) is 1. The van der Waals surface area contributed by atoms with E-state index in [1.54, 1.807) is 4.90 Å². The summed E-state index contributed by atoms with van der Waals surface area (Å²) in [6, 6.07) is 3.94. The van der Waals surface area contributed by atoms with Crippen molar-refractivity contribution < 1.29 is 9.90 Å². The van der Waals surface area contributed by atoms with Crippen LogP contribution in [-0.2, 0) is 6.42 Å². The van der Waals surface area contributed by atoms with Gasteiger partial charge in [0.1, 0.15) is 0 Å². The summed E-state index contributed by atoms with van der Waals surface area (Å²) in [5.41, 5.74) is 2.96. The summed E-state index contributed by atoms with van der Waals surface area (Å²) in [6.45, 7) is 4.89. The van der Waals surface area contributed by atoms with Gasteiger partial charge in [-0.1, -0.05) is 0 Å². The SMILES string of the molecule is Cc1cc(C[C@@H]2CN(C(=O)c3sccc3C)C[C@H]2O)n[nH]1. The van der Waals surface area contributed by atoms with Gasteiger partial charge >= 0.3 is 0 Å². The third kappa shape index (κ3) is 2.87. The number of hydrogen-bond acceptors (Lipinski definition) is 4. The number of rotatable bonds is 3. The summed E-state index contributed by atoms with van der Waals surface area (Å²) in [4.78, 5) is 15.0. The Morgan fingerprint density at radius 2 is 2.33 bits per heavy atom. The first kappa shape index (κ1) is 14.3. The molecule has 6 heteroatoms. The molecule has 2 aromatic rings. The molecule has 0 bridgehead atoms. The van der Waals surface area contributed by atoms with Crippen molar-refractivity contribution in [1.29, 1.82) is 0 Å². The molecule has 0 aliphatic carbocycles. The number of β-amino-alcohol motifs (C(OH)–C–C–N with tert-alkyl or cyclic N) is 1. The Hall–Kier alpha value is -1.66. The zero-order chi connectivity index (χ0) is 15.0. The molecule has 0 aromatic carbocycles. The van der Waals surface area contributed by atoms with E-state index in [9.17, 15) is 9.90 Å². The highest BCUT2D eigenvalue weighted by atomic mass is 32.1. The van der Waals surface area contributed by atoms with Crippen LogP contribution in [0.5, 0.6) is 0 Å². The molecule has 0 saturated carbocycles. The van der Waals surface area contributed by atoms with E-state index in [1.807, 2.05) is 31.4 Å². The number of amides is 1. The fourth-order valence-corrected chi connectivity index (χ4v) is 3.70. The standard InChI is InChI=1S/C15H19N3O2S/c1-9-3-4-21-14(9)15(20)18-7-11(13(19)8-18)6-12-5-10(2)16-17-12/h3-5,11,13,19H,6-8H2,1-2H3,(H,16,17)/t11-,13-/m1/s1. The Kier molecular flexibility index (Phi) is 3.82. The lowest BCUT2D eigenvalue weighted by atomic mass is 10.0. The molecule has 0 radical (unpaired) electrons. The van der Waals surface area contributed by atoms with Gasteiger partial charge in [0.05, 0.1) is 16.7 Å². The minimum absolute atomic E-state index is 0.0299. The lowest BCUT2D eigenvalue weighted by Gasteiger charge is -2.15. The third-order valence-corrected chi connectivity index (χ3v) is 4.98. The van der Waals surface area contributed by atoms with Crippen LogP contribution in [-0.4, -0.2) is 45.3 Å². The van der Waals surface area contributed by atoms with Crippen LogP contribution in [0.1, 0.15) is 26.6 Å². The number of aliphatic hydroxyl groups is 1. The summed E-state index contributed by atoms with van der Waals surface area (Å²) in [5.74, 6) is 0.0826. The molecule has 5 nitrogen and oxygen atoms in total. The number of aromatic amines is 1. The molecule has 2 N–H and O–H groups in total. The zero-order valence-corrected chi connectivity index (χ0v) is 13.0. The lowest BCUT2D eigenvalue weighted by molar-refractivity contribution is 0.0768. The second-order valence-corrected chi connectivity index (χ2v) is 6.63. The molecule has 21 heavy (non-hydrogen) atoms. The van der Waals surface area contributed by atoms with Gasteiger partial charge in [0.25, 0.3) is 5.91 Å². The monoisotopic (exact) mass is 305 g/mol. The number of thiophene rings is 1. The van der Waals surface area contributed by atoms with E-state index < -0.39 is 6.10 Å². The maximum Gasteiger partial charge on any atom is 0.264 e. The molecule has 3 heterocycles.